The van der Waals surface area contributed by atoms with Gasteiger partial charge in [-0.05, 0) is 66.9 Å². The fourth-order valence-electron chi connectivity index (χ4n) is 7.73. The Morgan fingerprint density at radius 3 is 1.93 bits per heavy atom. The summed E-state index contributed by atoms with van der Waals surface area (Å²) in [6.07, 6.45) is 7.08. The molecule has 0 atom stereocenters. The average molecular weight is 373 g/mol. The number of ether oxygens (including phenoxy) is 2. The highest BCUT2D eigenvalue weighted by molar-refractivity contribution is 5.91. The maximum atomic E-state index is 13.0. The number of methoxy groups -OCH3 is 2. The van der Waals surface area contributed by atoms with Crippen molar-refractivity contribution in [1.82, 2.24) is 5.32 Å². The molecule has 4 bridgehead atoms. The number of anilines is 1. The molecule has 148 valence electrons. The summed E-state index contributed by atoms with van der Waals surface area (Å²) in [5.74, 6) is 1.32. The number of hydrogen-bond donors (Lipinski definition) is 2. The molecule has 5 rings (SSSR count). The molecule has 1 aromatic carbocycles. The third-order valence-corrected chi connectivity index (χ3v) is 6.89. The Kier molecular flexibility index (Phi) is 3.96. The second-order valence-electron chi connectivity index (χ2n) is 10.4. The van der Waals surface area contributed by atoms with Crippen LogP contribution >= 0.6 is 0 Å². The van der Waals surface area contributed by atoms with Crippen LogP contribution in [0.25, 0.3) is 0 Å². The van der Waals surface area contributed by atoms with Crippen LogP contribution in [0.1, 0.15) is 59.3 Å². The van der Waals surface area contributed by atoms with Gasteiger partial charge in [-0.25, -0.2) is 4.79 Å². The average Bonchev–Trinajstić information content (AvgIpc) is 2.49. The Bertz CT molecular complexity index is 721. The fourth-order valence-corrected chi connectivity index (χ4v) is 7.73. The molecule has 0 saturated heterocycles. The van der Waals surface area contributed by atoms with E-state index >= 15 is 0 Å². The smallest absolute Gasteiger partial charge is 0.319 e. The molecule has 0 aliphatic heterocycles. The maximum Gasteiger partial charge on any atom is 0.319 e. The first-order valence-electron chi connectivity index (χ1n) is 9.91. The zero-order valence-corrected chi connectivity index (χ0v) is 17.2. The van der Waals surface area contributed by atoms with E-state index in [0.29, 0.717) is 33.4 Å². The minimum absolute atomic E-state index is 0.108. The molecule has 2 N–H and O–H groups in total. The molecular weight excluding hydrogens is 340 g/mol. The molecule has 0 aromatic heterocycles. The largest absolute Gasteiger partial charge is 0.497 e. The van der Waals surface area contributed by atoms with Crippen molar-refractivity contribution < 1.29 is 14.3 Å². The lowest BCUT2D eigenvalue weighted by atomic mass is 9.38. The number of urea groups is 1. The van der Waals surface area contributed by atoms with Gasteiger partial charge in [0.15, 0.2) is 0 Å². The molecule has 4 saturated carbocycles. The minimum atomic E-state index is -0.153. The topological polar surface area (TPSA) is 59.6 Å². The van der Waals surface area contributed by atoms with Crippen LogP contribution in [0.4, 0.5) is 10.5 Å². The van der Waals surface area contributed by atoms with Crippen molar-refractivity contribution >= 4 is 11.7 Å². The molecule has 0 unspecified atom stereocenters. The SMILES string of the molecule is COc1ccc(OC)c(NC(=O)NC23CC4(C)CC(C)(CC(C)(C4)C2)C3)c1. The highest BCUT2D eigenvalue weighted by Crippen LogP contribution is 2.70. The summed E-state index contributed by atoms with van der Waals surface area (Å²) in [5, 5.41) is 6.38. The number of carbonyl (C=O) groups is 1. The van der Waals surface area contributed by atoms with Crippen LogP contribution in [-0.2, 0) is 0 Å². The molecule has 5 nitrogen and oxygen atoms in total. The van der Waals surface area contributed by atoms with E-state index in [0.717, 1.165) is 19.3 Å². The second kappa shape index (κ2) is 5.79. The molecule has 1 aromatic rings. The Balaban J connectivity index is 1.55. The third-order valence-electron chi connectivity index (χ3n) is 6.89. The summed E-state index contributed by atoms with van der Waals surface area (Å²) >= 11 is 0. The van der Waals surface area contributed by atoms with Gasteiger partial charge < -0.3 is 20.1 Å². The van der Waals surface area contributed by atoms with E-state index in [-0.39, 0.29) is 11.6 Å². The highest BCUT2D eigenvalue weighted by atomic mass is 16.5. The van der Waals surface area contributed by atoms with Gasteiger partial charge in [0.2, 0.25) is 0 Å². The van der Waals surface area contributed by atoms with Crippen LogP contribution in [0, 0.1) is 16.2 Å². The lowest BCUT2D eigenvalue weighted by Crippen LogP contribution is -2.68. The molecule has 4 aliphatic rings. The maximum absolute atomic E-state index is 13.0. The summed E-state index contributed by atoms with van der Waals surface area (Å²) in [5.41, 5.74) is 1.52. The van der Waals surface area contributed by atoms with Gasteiger partial charge in [0.25, 0.3) is 0 Å². The Hall–Kier alpha value is -1.91. The van der Waals surface area contributed by atoms with Crippen molar-refractivity contribution in [2.45, 2.75) is 64.8 Å². The highest BCUT2D eigenvalue weighted by Gasteiger charge is 2.64. The molecule has 0 radical (unpaired) electrons. The molecular formula is C22H32N2O3. The van der Waals surface area contributed by atoms with Crippen molar-refractivity contribution in [3.8, 4) is 11.5 Å². The van der Waals surface area contributed by atoms with Crippen LogP contribution in [-0.4, -0.2) is 25.8 Å². The van der Waals surface area contributed by atoms with Crippen LogP contribution < -0.4 is 20.1 Å². The van der Waals surface area contributed by atoms with Crippen molar-refractivity contribution in [2.24, 2.45) is 16.2 Å². The summed E-state index contributed by atoms with van der Waals surface area (Å²) < 4.78 is 10.7. The van der Waals surface area contributed by atoms with Gasteiger partial charge in [0, 0.05) is 11.6 Å². The van der Waals surface area contributed by atoms with Gasteiger partial charge in [0.1, 0.15) is 11.5 Å². The van der Waals surface area contributed by atoms with Crippen LogP contribution in [0.15, 0.2) is 18.2 Å². The Labute approximate surface area is 162 Å². The first-order valence-corrected chi connectivity index (χ1v) is 9.91. The first-order chi connectivity index (χ1) is 12.6. The number of benzene rings is 1. The van der Waals surface area contributed by atoms with E-state index in [1.54, 1.807) is 20.3 Å². The summed E-state index contributed by atoms with van der Waals surface area (Å²) in [6, 6.07) is 5.27. The first kappa shape index (κ1) is 18.5. The van der Waals surface area contributed by atoms with Gasteiger partial charge in [-0.1, -0.05) is 20.8 Å². The normalized spacial score (nSPS) is 39.1. The number of carbonyl (C=O) groups excluding carboxylic acids is 1. The van der Waals surface area contributed by atoms with Gasteiger partial charge in [-0.3, -0.25) is 0 Å². The molecule has 27 heavy (non-hydrogen) atoms. The molecule has 4 fully saturated rings. The zero-order valence-electron chi connectivity index (χ0n) is 17.2. The Morgan fingerprint density at radius 1 is 0.889 bits per heavy atom. The predicted molar refractivity (Wildman–Crippen MR) is 106 cm³/mol. The quantitative estimate of drug-likeness (QED) is 0.785. The van der Waals surface area contributed by atoms with Gasteiger partial charge in [0.05, 0.1) is 19.9 Å². The third kappa shape index (κ3) is 3.26. The Morgan fingerprint density at radius 2 is 1.44 bits per heavy atom. The molecule has 2 amide bonds. The fraction of sp³-hybridized carbons (Fsp3) is 0.682. The lowest BCUT2D eigenvalue weighted by molar-refractivity contribution is -0.154. The van der Waals surface area contributed by atoms with Crippen LogP contribution in [0.5, 0.6) is 11.5 Å². The van der Waals surface area contributed by atoms with E-state index in [1.165, 1.54) is 19.3 Å². The zero-order chi connectivity index (χ0) is 19.5. The predicted octanol–water partition coefficient (Wildman–Crippen LogP) is 4.96. The summed E-state index contributed by atoms with van der Waals surface area (Å²) in [4.78, 5) is 13.0. The van der Waals surface area contributed by atoms with Crippen molar-refractivity contribution in [3.63, 3.8) is 0 Å². The van der Waals surface area contributed by atoms with E-state index in [1.807, 2.05) is 12.1 Å². The standard InChI is InChI=1S/C22H32N2O3/c1-19-9-20(2)11-21(3,10-19)14-22(12-19,13-20)24-18(25)23-16-8-15(26-4)6-7-17(16)27-5/h6-8H,9-14H2,1-5H3,(H2,23,24,25). The summed E-state index contributed by atoms with van der Waals surface area (Å²) in [6.45, 7) is 7.25. The summed E-state index contributed by atoms with van der Waals surface area (Å²) in [7, 11) is 3.22. The number of amides is 2. The van der Waals surface area contributed by atoms with Crippen LogP contribution in [0.3, 0.4) is 0 Å². The van der Waals surface area contributed by atoms with E-state index in [4.69, 9.17) is 9.47 Å². The van der Waals surface area contributed by atoms with Crippen molar-refractivity contribution in [2.75, 3.05) is 19.5 Å². The molecule has 5 heteroatoms. The monoisotopic (exact) mass is 372 g/mol. The number of hydrogen-bond acceptors (Lipinski definition) is 3. The molecule has 0 heterocycles. The second-order valence-corrected chi connectivity index (χ2v) is 10.4. The van der Waals surface area contributed by atoms with Crippen molar-refractivity contribution in [3.05, 3.63) is 18.2 Å². The van der Waals surface area contributed by atoms with Gasteiger partial charge >= 0.3 is 6.03 Å². The molecule has 0 spiro atoms. The van der Waals surface area contributed by atoms with E-state index < -0.39 is 0 Å². The van der Waals surface area contributed by atoms with Gasteiger partial charge in [-0.15, -0.1) is 0 Å². The number of rotatable bonds is 4. The molecule has 4 aliphatic carbocycles. The van der Waals surface area contributed by atoms with Crippen LogP contribution in [0.2, 0.25) is 0 Å². The number of nitrogens with one attached hydrogen (secondary N) is 2. The van der Waals surface area contributed by atoms with Crippen molar-refractivity contribution in [1.29, 1.82) is 0 Å². The minimum Gasteiger partial charge on any atom is -0.497 e. The van der Waals surface area contributed by atoms with Gasteiger partial charge in [-0.2, -0.15) is 0 Å². The van der Waals surface area contributed by atoms with E-state index in [2.05, 4.69) is 31.4 Å². The lowest BCUT2D eigenvalue weighted by Gasteiger charge is -2.69. The van der Waals surface area contributed by atoms with E-state index in [9.17, 15) is 4.79 Å².